The Balaban J connectivity index is 1.28. The Kier molecular flexibility index (Phi) is 5.37. The summed E-state index contributed by atoms with van der Waals surface area (Å²) in [5.74, 6) is 3.15. The highest BCUT2D eigenvalue weighted by molar-refractivity contribution is 5.79. The number of ether oxygens (including phenoxy) is 2. The number of pyridine rings is 1. The van der Waals surface area contributed by atoms with E-state index in [1.54, 1.807) is 24.1 Å². The van der Waals surface area contributed by atoms with Crippen molar-refractivity contribution >= 4 is 5.96 Å². The lowest BCUT2D eigenvalue weighted by Gasteiger charge is -2.12. The van der Waals surface area contributed by atoms with E-state index >= 15 is 0 Å². The van der Waals surface area contributed by atoms with Gasteiger partial charge in [0.15, 0.2) is 23.3 Å². The molecule has 1 aliphatic rings. The summed E-state index contributed by atoms with van der Waals surface area (Å²) in [7, 11) is 1.76. The Labute approximate surface area is 163 Å². The molecule has 8 heteroatoms. The molecule has 3 heterocycles. The first-order valence-electron chi connectivity index (χ1n) is 9.10. The van der Waals surface area contributed by atoms with Crippen LogP contribution in [-0.4, -0.2) is 41.1 Å². The summed E-state index contributed by atoms with van der Waals surface area (Å²) in [5.41, 5.74) is 2.28. The molecule has 0 amide bonds. The van der Waals surface area contributed by atoms with Crippen LogP contribution in [0, 0.1) is 0 Å². The van der Waals surface area contributed by atoms with Crippen LogP contribution in [0.2, 0.25) is 0 Å². The molecule has 144 valence electrons. The second-order valence-corrected chi connectivity index (χ2v) is 6.26. The Morgan fingerprint density at radius 3 is 2.89 bits per heavy atom. The van der Waals surface area contributed by atoms with Crippen LogP contribution in [0.25, 0.3) is 5.82 Å². The summed E-state index contributed by atoms with van der Waals surface area (Å²) < 4.78 is 12.5. The molecule has 1 aliphatic heterocycles. The quantitative estimate of drug-likeness (QED) is 0.503. The lowest BCUT2D eigenvalue weighted by Crippen LogP contribution is -2.37. The molecule has 0 fully saturated rings. The fourth-order valence-corrected chi connectivity index (χ4v) is 2.93. The van der Waals surface area contributed by atoms with Crippen molar-refractivity contribution in [3.63, 3.8) is 0 Å². The van der Waals surface area contributed by atoms with Crippen molar-refractivity contribution in [1.82, 2.24) is 25.4 Å². The Bertz CT molecular complexity index is 955. The number of nitrogens with one attached hydrogen (secondary N) is 2. The summed E-state index contributed by atoms with van der Waals surface area (Å²) in [4.78, 5) is 8.63. The second kappa shape index (κ2) is 8.43. The summed E-state index contributed by atoms with van der Waals surface area (Å²) in [6.07, 6.45) is 6.24. The van der Waals surface area contributed by atoms with Crippen LogP contribution in [0.5, 0.6) is 11.5 Å². The molecule has 0 aliphatic carbocycles. The highest BCUT2D eigenvalue weighted by atomic mass is 16.7. The first kappa shape index (κ1) is 17.8. The molecule has 0 atom stereocenters. The van der Waals surface area contributed by atoms with Gasteiger partial charge in [0.1, 0.15) is 0 Å². The minimum Gasteiger partial charge on any atom is -0.454 e. The van der Waals surface area contributed by atoms with Gasteiger partial charge in [-0.3, -0.25) is 4.99 Å². The van der Waals surface area contributed by atoms with Gasteiger partial charge in [-0.25, -0.2) is 9.67 Å². The van der Waals surface area contributed by atoms with Crippen LogP contribution >= 0.6 is 0 Å². The molecule has 0 saturated carbocycles. The van der Waals surface area contributed by atoms with Gasteiger partial charge in [-0.1, -0.05) is 6.07 Å². The van der Waals surface area contributed by atoms with Crippen LogP contribution in [-0.2, 0) is 13.0 Å². The molecule has 2 aromatic heterocycles. The monoisotopic (exact) mass is 378 g/mol. The third-order valence-electron chi connectivity index (χ3n) is 4.38. The number of guanidine groups is 1. The standard InChI is InChI=1S/C20H22N6O2/c1-21-20(23-9-5-15-3-4-17-18(11-15)28-14-27-17)24-13-16-6-8-22-19(12-16)26-10-2-7-25-26/h2-4,6-8,10-12H,5,9,13-14H2,1H3,(H2,21,23,24). The fourth-order valence-electron chi connectivity index (χ4n) is 2.93. The maximum atomic E-state index is 5.42. The van der Waals surface area contributed by atoms with Crippen molar-refractivity contribution < 1.29 is 9.47 Å². The van der Waals surface area contributed by atoms with Crippen LogP contribution in [0.15, 0.2) is 60.0 Å². The maximum absolute atomic E-state index is 5.42. The van der Waals surface area contributed by atoms with Crippen molar-refractivity contribution in [3.05, 3.63) is 66.1 Å². The first-order valence-corrected chi connectivity index (χ1v) is 9.10. The number of benzene rings is 1. The number of nitrogens with zero attached hydrogens (tertiary/aromatic N) is 4. The van der Waals surface area contributed by atoms with Gasteiger partial charge >= 0.3 is 0 Å². The molecule has 0 saturated heterocycles. The van der Waals surface area contributed by atoms with Crippen molar-refractivity contribution in [2.75, 3.05) is 20.4 Å². The van der Waals surface area contributed by atoms with Gasteiger partial charge in [0, 0.05) is 38.7 Å². The van der Waals surface area contributed by atoms with Gasteiger partial charge in [-0.2, -0.15) is 5.10 Å². The lowest BCUT2D eigenvalue weighted by atomic mass is 10.1. The molecule has 3 aromatic rings. The molecular weight excluding hydrogens is 356 g/mol. The van der Waals surface area contributed by atoms with Crippen LogP contribution in [0.4, 0.5) is 0 Å². The van der Waals surface area contributed by atoms with Crippen molar-refractivity contribution in [2.45, 2.75) is 13.0 Å². The van der Waals surface area contributed by atoms with Crippen LogP contribution in [0.1, 0.15) is 11.1 Å². The van der Waals surface area contributed by atoms with Gasteiger partial charge in [-0.05, 0) is 47.9 Å². The molecule has 28 heavy (non-hydrogen) atoms. The van der Waals surface area contributed by atoms with Crippen molar-refractivity contribution in [1.29, 1.82) is 0 Å². The Hall–Kier alpha value is -3.55. The van der Waals surface area contributed by atoms with Gasteiger partial charge in [0.2, 0.25) is 6.79 Å². The second-order valence-electron chi connectivity index (χ2n) is 6.26. The molecular formula is C20H22N6O2. The Morgan fingerprint density at radius 1 is 1.11 bits per heavy atom. The molecule has 0 bridgehead atoms. The van der Waals surface area contributed by atoms with E-state index in [2.05, 4.69) is 31.8 Å². The van der Waals surface area contributed by atoms with Crippen molar-refractivity contribution in [3.8, 4) is 17.3 Å². The minimum absolute atomic E-state index is 0.296. The molecule has 0 spiro atoms. The average Bonchev–Trinajstić information content (AvgIpc) is 3.42. The molecule has 2 N–H and O–H groups in total. The SMILES string of the molecule is CN=C(NCCc1ccc2c(c1)OCO2)NCc1ccnc(-n2cccn2)c1. The smallest absolute Gasteiger partial charge is 0.231 e. The van der Waals surface area contributed by atoms with E-state index in [9.17, 15) is 0 Å². The molecule has 8 nitrogen and oxygen atoms in total. The third-order valence-corrected chi connectivity index (χ3v) is 4.38. The van der Waals surface area contributed by atoms with E-state index in [0.29, 0.717) is 13.3 Å². The largest absolute Gasteiger partial charge is 0.454 e. The molecule has 0 unspecified atom stereocenters. The van der Waals surface area contributed by atoms with Gasteiger partial charge < -0.3 is 20.1 Å². The number of hydrogen-bond donors (Lipinski definition) is 2. The van der Waals surface area contributed by atoms with E-state index in [1.807, 2.05) is 36.5 Å². The zero-order valence-electron chi connectivity index (χ0n) is 15.6. The predicted octanol–water partition coefficient (Wildman–Crippen LogP) is 1.90. The van der Waals surface area contributed by atoms with Crippen LogP contribution < -0.4 is 20.1 Å². The lowest BCUT2D eigenvalue weighted by molar-refractivity contribution is 0.174. The molecule has 4 rings (SSSR count). The van der Waals surface area contributed by atoms with Gasteiger partial charge in [0.05, 0.1) is 0 Å². The normalized spacial score (nSPS) is 12.8. The van der Waals surface area contributed by atoms with E-state index in [0.717, 1.165) is 41.8 Å². The van der Waals surface area contributed by atoms with Gasteiger partial charge in [-0.15, -0.1) is 0 Å². The zero-order chi connectivity index (χ0) is 19.2. The third kappa shape index (κ3) is 4.22. The Morgan fingerprint density at radius 2 is 2.04 bits per heavy atom. The van der Waals surface area contributed by atoms with Crippen LogP contribution in [0.3, 0.4) is 0 Å². The maximum Gasteiger partial charge on any atom is 0.231 e. The van der Waals surface area contributed by atoms with Crippen molar-refractivity contribution in [2.24, 2.45) is 4.99 Å². The highest BCUT2D eigenvalue weighted by Crippen LogP contribution is 2.32. The minimum atomic E-state index is 0.296. The number of aliphatic imine (C=N–C) groups is 1. The van der Waals surface area contributed by atoms with E-state index in [-0.39, 0.29) is 0 Å². The summed E-state index contributed by atoms with van der Waals surface area (Å²) in [5, 5.41) is 10.9. The number of fused-ring (bicyclic) bond motifs is 1. The molecule has 1 aromatic carbocycles. The zero-order valence-corrected chi connectivity index (χ0v) is 15.6. The number of rotatable bonds is 6. The van der Waals surface area contributed by atoms with Gasteiger partial charge in [0.25, 0.3) is 0 Å². The number of aromatic nitrogens is 3. The fraction of sp³-hybridized carbons (Fsp3) is 0.250. The predicted molar refractivity (Wildman–Crippen MR) is 106 cm³/mol. The average molecular weight is 378 g/mol. The number of hydrogen-bond acceptors (Lipinski definition) is 5. The van der Waals surface area contributed by atoms with E-state index in [1.165, 1.54) is 5.56 Å². The summed E-state index contributed by atoms with van der Waals surface area (Å²) in [6.45, 7) is 1.69. The first-order chi connectivity index (χ1) is 13.8. The topological polar surface area (TPSA) is 85.6 Å². The van der Waals surface area contributed by atoms with E-state index < -0.39 is 0 Å². The summed E-state index contributed by atoms with van der Waals surface area (Å²) >= 11 is 0. The van der Waals surface area contributed by atoms with E-state index in [4.69, 9.17) is 9.47 Å². The highest BCUT2D eigenvalue weighted by Gasteiger charge is 2.13. The molecule has 0 radical (unpaired) electrons. The summed E-state index contributed by atoms with van der Waals surface area (Å²) in [6, 6.07) is 11.9.